The first-order valence-electron chi connectivity index (χ1n) is 21.4. The molecule has 0 saturated carbocycles. The highest BCUT2D eigenvalue weighted by atomic mass is 32.2. The van der Waals surface area contributed by atoms with Crippen molar-refractivity contribution >= 4 is 47.1 Å². The quantitative estimate of drug-likeness (QED) is 0.189. The van der Waals surface area contributed by atoms with E-state index in [0.717, 1.165) is 22.3 Å². The standard InChI is InChI=1S/C50H61N5O7S/c1-8-36-30-40(56)31-53(5)48(61)42(34-63-50(37-23-15-10-16-24-37,38-25-17-11-18-26-38)39-27-19-12-20-28-39)51-44(57)32-54(6)47(60)41(33-62-49(2,3)4)52-45(58)43(55(7)46(36)59)29-35-21-13-9-14-22-35/h9-28,36,41-43H,8,29-34H2,1-7H3,(H,51,57)(H,52,58)/t36-,41+,42+,43+/m1/s1. The van der Waals surface area contributed by atoms with Crippen LogP contribution in [-0.2, 0) is 44.7 Å². The van der Waals surface area contributed by atoms with Gasteiger partial charge in [0, 0.05) is 45.7 Å². The first-order chi connectivity index (χ1) is 30.0. The lowest BCUT2D eigenvalue weighted by atomic mass is 9.84. The summed E-state index contributed by atoms with van der Waals surface area (Å²) in [4.78, 5) is 89.1. The van der Waals surface area contributed by atoms with Gasteiger partial charge in [-0.3, -0.25) is 28.8 Å². The van der Waals surface area contributed by atoms with Gasteiger partial charge in [-0.15, -0.1) is 11.8 Å². The predicted octanol–water partition coefficient (Wildman–Crippen LogP) is 5.48. The molecule has 0 aromatic heterocycles. The number of Topliss-reactive ketones (excluding diaryl/α,β-unsaturated/α-hetero) is 1. The molecule has 334 valence electrons. The van der Waals surface area contributed by atoms with Crippen LogP contribution in [-0.4, -0.2) is 120 Å². The van der Waals surface area contributed by atoms with Gasteiger partial charge in [0.05, 0.1) is 30.0 Å². The molecular weight excluding hydrogens is 815 g/mol. The number of ether oxygens (including phenoxy) is 1. The van der Waals surface area contributed by atoms with Crippen molar-refractivity contribution in [2.45, 2.75) is 75.4 Å². The van der Waals surface area contributed by atoms with E-state index >= 15 is 0 Å². The molecule has 0 spiro atoms. The highest BCUT2D eigenvalue weighted by Crippen LogP contribution is 2.48. The summed E-state index contributed by atoms with van der Waals surface area (Å²) in [7, 11) is 4.48. The molecule has 4 aromatic carbocycles. The van der Waals surface area contributed by atoms with Crippen LogP contribution in [0.3, 0.4) is 0 Å². The van der Waals surface area contributed by atoms with Gasteiger partial charge in [-0.1, -0.05) is 128 Å². The van der Waals surface area contributed by atoms with Crippen molar-refractivity contribution < 1.29 is 33.5 Å². The van der Waals surface area contributed by atoms with Gasteiger partial charge in [0.25, 0.3) is 0 Å². The van der Waals surface area contributed by atoms with Gasteiger partial charge in [-0.05, 0) is 49.4 Å². The van der Waals surface area contributed by atoms with E-state index in [9.17, 15) is 28.8 Å². The van der Waals surface area contributed by atoms with E-state index in [0.29, 0.717) is 6.42 Å². The highest BCUT2D eigenvalue weighted by molar-refractivity contribution is 8.00. The molecule has 1 fully saturated rings. The van der Waals surface area contributed by atoms with E-state index in [-0.39, 0.29) is 37.5 Å². The topological polar surface area (TPSA) is 145 Å². The average molecular weight is 876 g/mol. The fraction of sp³-hybridized carbons (Fsp3) is 0.400. The predicted molar refractivity (Wildman–Crippen MR) is 247 cm³/mol. The first kappa shape index (κ1) is 48.2. The lowest BCUT2D eigenvalue weighted by molar-refractivity contribution is -0.146. The molecule has 5 amide bonds. The second-order valence-electron chi connectivity index (χ2n) is 17.1. The minimum absolute atomic E-state index is 0.0707. The van der Waals surface area contributed by atoms with Crippen molar-refractivity contribution in [2.24, 2.45) is 5.92 Å². The summed E-state index contributed by atoms with van der Waals surface area (Å²) in [6.45, 7) is 6.28. The van der Waals surface area contributed by atoms with E-state index in [1.54, 1.807) is 6.92 Å². The maximum absolute atomic E-state index is 14.6. The first-order valence-corrected chi connectivity index (χ1v) is 22.4. The van der Waals surface area contributed by atoms with Crippen LogP contribution in [0.5, 0.6) is 0 Å². The molecule has 1 saturated heterocycles. The third-order valence-electron chi connectivity index (χ3n) is 11.2. The lowest BCUT2D eigenvalue weighted by Crippen LogP contribution is -2.58. The fourth-order valence-electron chi connectivity index (χ4n) is 7.77. The summed E-state index contributed by atoms with van der Waals surface area (Å²) in [5.74, 6) is -3.80. The van der Waals surface area contributed by atoms with E-state index < -0.39 is 70.5 Å². The molecule has 13 heteroatoms. The van der Waals surface area contributed by atoms with Gasteiger partial charge in [0.15, 0.2) is 5.78 Å². The van der Waals surface area contributed by atoms with Crippen molar-refractivity contribution in [3.05, 3.63) is 144 Å². The van der Waals surface area contributed by atoms with Gasteiger partial charge in [0.1, 0.15) is 18.1 Å². The van der Waals surface area contributed by atoms with Crippen LogP contribution in [0.25, 0.3) is 0 Å². The molecule has 4 aromatic rings. The molecule has 2 N–H and O–H groups in total. The maximum atomic E-state index is 14.6. The normalized spacial score (nSPS) is 20.5. The van der Waals surface area contributed by atoms with E-state index in [1.165, 1.54) is 47.6 Å². The summed E-state index contributed by atoms with van der Waals surface area (Å²) < 4.78 is 5.20. The molecule has 0 aliphatic carbocycles. The number of hydrogen-bond acceptors (Lipinski definition) is 8. The van der Waals surface area contributed by atoms with Crippen LogP contribution in [0.4, 0.5) is 0 Å². The average Bonchev–Trinajstić information content (AvgIpc) is 3.28. The molecule has 0 unspecified atom stereocenters. The summed E-state index contributed by atoms with van der Waals surface area (Å²) in [6, 6.07) is 35.6. The summed E-state index contributed by atoms with van der Waals surface area (Å²) in [5.41, 5.74) is 2.97. The van der Waals surface area contributed by atoms with Crippen LogP contribution in [0.2, 0.25) is 0 Å². The molecule has 1 aliphatic rings. The number of ketones is 1. The molecule has 5 rings (SSSR count). The maximum Gasteiger partial charge on any atom is 0.247 e. The van der Waals surface area contributed by atoms with Crippen LogP contribution in [0, 0.1) is 5.92 Å². The van der Waals surface area contributed by atoms with Gasteiger partial charge in [-0.2, -0.15) is 0 Å². The molecule has 12 nitrogen and oxygen atoms in total. The second-order valence-corrected chi connectivity index (χ2v) is 18.3. The number of rotatable bonds is 11. The number of amides is 5. The Morgan fingerprint density at radius 1 is 0.635 bits per heavy atom. The molecular formula is C50H61N5O7S. The van der Waals surface area contributed by atoms with Crippen LogP contribution in [0.15, 0.2) is 121 Å². The number of benzene rings is 4. The highest BCUT2D eigenvalue weighted by Gasteiger charge is 2.40. The number of likely N-dealkylation sites (N-methyl/N-ethyl adjacent to an activating group) is 3. The summed E-state index contributed by atoms with van der Waals surface area (Å²) in [6.07, 6.45) is 0.260. The monoisotopic (exact) mass is 875 g/mol. The molecule has 63 heavy (non-hydrogen) atoms. The van der Waals surface area contributed by atoms with Crippen molar-refractivity contribution in [1.29, 1.82) is 0 Å². The Kier molecular flexibility index (Phi) is 16.9. The zero-order valence-corrected chi connectivity index (χ0v) is 38.2. The fourth-order valence-corrected chi connectivity index (χ4v) is 9.32. The molecule has 1 aliphatic heterocycles. The second kappa shape index (κ2) is 22.0. The largest absolute Gasteiger partial charge is 0.373 e. The van der Waals surface area contributed by atoms with Crippen LogP contribution < -0.4 is 10.6 Å². The Balaban J connectivity index is 1.54. The van der Waals surface area contributed by atoms with Gasteiger partial charge >= 0.3 is 0 Å². The molecule has 4 atom stereocenters. The minimum Gasteiger partial charge on any atom is -0.373 e. The van der Waals surface area contributed by atoms with Gasteiger partial charge in [-0.25, -0.2) is 0 Å². The SMILES string of the molecule is CC[C@@H]1CC(=O)CN(C)C(=O)[C@H](CSC(c2ccccc2)(c2ccccc2)c2ccccc2)NC(=O)CN(C)C(=O)[C@H](COC(C)(C)C)NC(=O)[C@H](Cc2ccccc2)N(C)C1=O. The zero-order chi connectivity index (χ0) is 45.7. The molecule has 0 bridgehead atoms. The Bertz CT molecular complexity index is 2070. The third kappa shape index (κ3) is 12.7. The van der Waals surface area contributed by atoms with E-state index in [4.69, 9.17) is 4.74 Å². The van der Waals surface area contributed by atoms with Crippen molar-refractivity contribution in [3.63, 3.8) is 0 Å². The Morgan fingerprint density at radius 2 is 1.11 bits per heavy atom. The lowest BCUT2D eigenvalue weighted by Gasteiger charge is -2.37. The van der Waals surface area contributed by atoms with Crippen LogP contribution in [0.1, 0.15) is 62.8 Å². The summed E-state index contributed by atoms with van der Waals surface area (Å²) >= 11 is 1.47. The third-order valence-corrected chi connectivity index (χ3v) is 12.8. The number of thioether (sulfide) groups is 1. The van der Waals surface area contributed by atoms with Crippen molar-refractivity contribution in [3.8, 4) is 0 Å². The number of nitrogens with zero attached hydrogens (tertiary/aromatic N) is 3. The smallest absolute Gasteiger partial charge is 0.247 e. The van der Waals surface area contributed by atoms with Gasteiger partial charge < -0.3 is 30.1 Å². The van der Waals surface area contributed by atoms with E-state index in [1.807, 2.05) is 142 Å². The van der Waals surface area contributed by atoms with Crippen molar-refractivity contribution in [1.82, 2.24) is 25.3 Å². The summed E-state index contributed by atoms with van der Waals surface area (Å²) in [5, 5.41) is 5.75. The Labute approximate surface area is 376 Å². The minimum atomic E-state index is -1.24. The number of nitrogens with one attached hydrogen (secondary N) is 2. The molecule has 1 heterocycles. The molecule has 0 radical (unpaired) electrons. The van der Waals surface area contributed by atoms with Crippen LogP contribution >= 0.6 is 11.8 Å². The Hall–Kier alpha value is -5.79. The van der Waals surface area contributed by atoms with E-state index in [2.05, 4.69) is 10.6 Å². The number of carbonyl (C=O) groups excluding carboxylic acids is 6. The zero-order valence-electron chi connectivity index (χ0n) is 37.4. The number of carbonyl (C=O) groups is 6. The van der Waals surface area contributed by atoms with Crippen molar-refractivity contribution in [2.75, 3.05) is 46.6 Å². The van der Waals surface area contributed by atoms with Gasteiger partial charge in [0.2, 0.25) is 29.5 Å². The number of hydrogen-bond donors (Lipinski definition) is 2. The Morgan fingerprint density at radius 3 is 1.60 bits per heavy atom.